The molecule has 1 aromatic heterocycles. The van der Waals surface area contributed by atoms with E-state index in [1.807, 2.05) is 30.3 Å². The minimum absolute atomic E-state index is 0.139. The number of amides is 1. The third kappa shape index (κ3) is 4.80. The van der Waals surface area contributed by atoms with E-state index < -0.39 is 0 Å². The Labute approximate surface area is 179 Å². The van der Waals surface area contributed by atoms with Gasteiger partial charge in [0.15, 0.2) is 0 Å². The van der Waals surface area contributed by atoms with Crippen LogP contribution in [0.25, 0.3) is 0 Å². The quantitative estimate of drug-likeness (QED) is 0.499. The molecule has 29 heavy (non-hydrogen) atoms. The third-order valence-corrected chi connectivity index (χ3v) is 6.48. The molecule has 0 bridgehead atoms. The molecule has 6 nitrogen and oxygen atoms in total. The highest BCUT2D eigenvalue weighted by Crippen LogP contribution is 2.27. The van der Waals surface area contributed by atoms with Gasteiger partial charge in [0.1, 0.15) is 11.9 Å². The Morgan fingerprint density at radius 2 is 2.00 bits per heavy atom. The van der Waals surface area contributed by atoms with Crippen molar-refractivity contribution in [1.29, 1.82) is 5.41 Å². The number of piperidine rings is 1. The number of allylic oxidation sites excluding steroid dienone is 1. The van der Waals surface area contributed by atoms with E-state index in [9.17, 15) is 4.79 Å². The highest BCUT2D eigenvalue weighted by Gasteiger charge is 2.28. The summed E-state index contributed by atoms with van der Waals surface area (Å²) in [5, 5.41) is 11.3. The molecule has 0 saturated carbocycles. The number of thiophene rings is 1. The van der Waals surface area contributed by atoms with E-state index in [2.05, 4.69) is 21.8 Å². The summed E-state index contributed by atoms with van der Waals surface area (Å²) >= 11 is 7.14. The van der Waals surface area contributed by atoms with Gasteiger partial charge in [-0.1, -0.05) is 41.9 Å². The minimum atomic E-state index is -0.190. The number of rotatable bonds is 5. The summed E-state index contributed by atoms with van der Waals surface area (Å²) in [6, 6.07) is 13.3. The lowest BCUT2D eigenvalue weighted by atomic mass is 9.92. The van der Waals surface area contributed by atoms with Crippen molar-refractivity contribution >= 4 is 34.7 Å². The van der Waals surface area contributed by atoms with E-state index in [0.29, 0.717) is 27.5 Å². The topological polar surface area (TPSA) is 77.5 Å². The maximum atomic E-state index is 12.1. The van der Waals surface area contributed by atoms with Crippen molar-refractivity contribution in [2.24, 2.45) is 5.92 Å². The van der Waals surface area contributed by atoms with Crippen LogP contribution in [0.1, 0.15) is 28.1 Å². The Hall–Kier alpha value is -2.35. The van der Waals surface area contributed by atoms with Gasteiger partial charge in [0.2, 0.25) is 0 Å². The Bertz CT molecular complexity index is 906. The lowest BCUT2D eigenvalue weighted by Gasteiger charge is -2.34. The van der Waals surface area contributed by atoms with Crippen LogP contribution in [-0.4, -0.2) is 42.4 Å². The van der Waals surface area contributed by atoms with Crippen LogP contribution >= 0.6 is 22.9 Å². The van der Waals surface area contributed by atoms with Crippen LogP contribution in [0.5, 0.6) is 0 Å². The van der Waals surface area contributed by atoms with Crippen molar-refractivity contribution in [3.8, 4) is 0 Å². The van der Waals surface area contributed by atoms with Gasteiger partial charge in [0.05, 0.1) is 15.8 Å². The first-order valence-corrected chi connectivity index (χ1v) is 10.9. The van der Waals surface area contributed by atoms with E-state index in [4.69, 9.17) is 21.8 Å². The fourth-order valence-electron chi connectivity index (χ4n) is 3.64. The number of hydrogen-bond donors (Lipinski definition) is 3. The summed E-state index contributed by atoms with van der Waals surface area (Å²) in [4.78, 5) is 20.5. The lowest BCUT2D eigenvalue weighted by Crippen LogP contribution is -2.39. The molecule has 4 rings (SSSR count). The first kappa shape index (κ1) is 19.9. The number of hydrogen-bond acceptors (Lipinski definition) is 5. The van der Waals surface area contributed by atoms with Crippen LogP contribution < -0.4 is 10.8 Å². The fourth-order valence-corrected chi connectivity index (χ4v) is 4.60. The van der Waals surface area contributed by atoms with E-state index in [-0.39, 0.29) is 12.0 Å². The number of carbonyl (C=O) groups excluding carboxylic acids is 1. The van der Waals surface area contributed by atoms with Crippen molar-refractivity contribution in [2.75, 3.05) is 19.6 Å². The van der Waals surface area contributed by atoms with Crippen molar-refractivity contribution in [3.63, 3.8) is 0 Å². The van der Waals surface area contributed by atoms with Gasteiger partial charge in [-0.2, -0.15) is 0 Å². The zero-order valence-electron chi connectivity index (χ0n) is 15.9. The van der Waals surface area contributed by atoms with E-state index in [1.165, 1.54) is 11.3 Å². The van der Waals surface area contributed by atoms with Gasteiger partial charge in [0.25, 0.3) is 5.91 Å². The molecule has 2 aliphatic heterocycles. The van der Waals surface area contributed by atoms with Crippen LogP contribution in [-0.2, 0) is 4.84 Å². The predicted molar refractivity (Wildman–Crippen MR) is 115 cm³/mol. The number of nitrogens with zero attached hydrogens (tertiary/aromatic N) is 1. The Morgan fingerprint density at radius 1 is 1.24 bits per heavy atom. The van der Waals surface area contributed by atoms with Crippen molar-refractivity contribution in [3.05, 3.63) is 69.0 Å². The van der Waals surface area contributed by atoms with Gasteiger partial charge in [-0.3, -0.25) is 20.5 Å². The average molecular weight is 431 g/mol. The van der Waals surface area contributed by atoms with Crippen molar-refractivity contribution in [1.82, 2.24) is 15.7 Å². The summed E-state index contributed by atoms with van der Waals surface area (Å²) < 4.78 is 0.600. The first-order valence-electron chi connectivity index (χ1n) is 9.66. The summed E-state index contributed by atoms with van der Waals surface area (Å²) in [5.41, 5.74) is 5.07. The summed E-state index contributed by atoms with van der Waals surface area (Å²) in [5.74, 6) is 0.828. The molecule has 152 valence electrons. The van der Waals surface area contributed by atoms with Gasteiger partial charge < -0.3 is 10.2 Å². The molecule has 1 atom stereocenters. The molecular formula is C21H23ClN4O2S. The molecule has 1 fully saturated rings. The largest absolute Gasteiger partial charge is 0.357 e. The maximum Gasteiger partial charge on any atom is 0.261 e. The zero-order valence-corrected chi connectivity index (χ0v) is 17.4. The summed E-state index contributed by atoms with van der Waals surface area (Å²) in [6.07, 6.45) is 3.80. The number of benzene rings is 1. The minimum Gasteiger partial charge on any atom is -0.357 e. The van der Waals surface area contributed by atoms with Gasteiger partial charge in [-0.15, -0.1) is 11.3 Å². The van der Waals surface area contributed by atoms with Crippen LogP contribution in [0.15, 0.2) is 54.2 Å². The number of amidine groups is 1. The van der Waals surface area contributed by atoms with Crippen LogP contribution in [0.2, 0.25) is 4.34 Å². The molecule has 8 heteroatoms. The third-order valence-electron chi connectivity index (χ3n) is 5.25. The molecular weight excluding hydrogens is 408 g/mol. The van der Waals surface area contributed by atoms with Gasteiger partial charge in [-0.25, -0.2) is 0 Å². The monoisotopic (exact) mass is 430 g/mol. The summed E-state index contributed by atoms with van der Waals surface area (Å²) in [7, 11) is 0. The highest BCUT2D eigenvalue weighted by atomic mass is 35.5. The number of carbonyl (C=O) groups is 1. The second-order valence-corrected chi connectivity index (χ2v) is 8.89. The maximum absolute atomic E-state index is 12.1. The molecule has 2 aliphatic rings. The predicted octanol–water partition coefficient (Wildman–Crippen LogP) is 3.66. The zero-order chi connectivity index (χ0) is 20.2. The van der Waals surface area contributed by atoms with Crippen LogP contribution in [0, 0.1) is 11.3 Å². The number of nitrogens with one attached hydrogen (secondary N) is 3. The number of likely N-dealkylation sites (tertiary alicyclic amines) is 1. The van der Waals surface area contributed by atoms with E-state index in [0.717, 1.165) is 37.2 Å². The van der Waals surface area contributed by atoms with Crippen LogP contribution in [0.4, 0.5) is 0 Å². The molecule has 1 unspecified atom stereocenters. The van der Waals surface area contributed by atoms with Gasteiger partial charge in [0, 0.05) is 30.3 Å². The summed E-state index contributed by atoms with van der Waals surface area (Å²) in [6.45, 7) is 2.10. The molecule has 0 spiro atoms. The SMILES string of the molecule is N=C(c1ccccc1)N1CCC(C2=CC(CNC(=O)c3ccc(Cl)s3)ON2)CC1. The average Bonchev–Trinajstić information content (AvgIpc) is 3.41. The Balaban J connectivity index is 1.26. The Morgan fingerprint density at radius 3 is 2.69 bits per heavy atom. The second-order valence-electron chi connectivity index (χ2n) is 7.17. The smallest absolute Gasteiger partial charge is 0.261 e. The number of halogens is 1. The Kier molecular flexibility index (Phi) is 6.18. The molecule has 0 aliphatic carbocycles. The molecule has 1 aromatic carbocycles. The van der Waals surface area contributed by atoms with Gasteiger partial charge in [-0.05, 0) is 31.1 Å². The molecule has 0 radical (unpaired) electrons. The van der Waals surface area contributed by atoms with E-state index >= 15 is 0 Å². The normalized spacial score (nSPS) is 19.6. The molecule has 1 amide bonds. The lowest BCUT2D eigenvalue weighted by molar-refractivity contribution is 0.0363. The molecule has 2 aromatic rings. The number of hydroxylamine groups is 1. The van der Waals surface area contributed by atoms with E-state index in [1.54, 1.807) is 12.1 Å². The second kappa shape index (κ2) is 8.98. The van der Waals surface area contributed by atoms with Crippen molar-refractivity contribution < 1.29 is 9.63 Å². The van der Waals surface area contributed by atoms with Crippen molar-refractivity contribution in [2.45, 2.75) is 18.9 Å². The first-order chi connectivity index (χ1) is 14.1. The van der Waals surface area contributed by atoms with Crippen LogP contribution in [0.3, 0.4) is 0 Å². The molecule has 3 N–H and O–H groups in total. The highest BCUT2D eigenvalue weighted by molar-refractivity contribution is 7.17. The molecule has 3 heterocycles. The van der Waals surface area contributed by atoms with Gasteiger partial charge >= 0.3 is 0 Å². The molecule has 1 saturated heterocycles. The fraction of sp³-hybridized carbons (Fsp3) is 0.333. The standard InChI is InChI=1S/C21H23ClN4O2S/c22-19-7-6-18(29-19)21(27)24-13-16-12-17(25-28-16)14-8-10-26(11-9-14)20(23)15-4-2-1-3-5-15/h1-7,12,14,16,23,25H,8-11,13H2,(H,24,27).